The minimum Gasteiger partial charge on any atom is -0.506 e. The van der Waals surface area contributed by atoms with Crippen molar-refractivity contribution in [3.8, 4) is 5.75 Å². The molecule has 1 aliphatic heterocycles. The first kappa shape index (κ1) is 14.1. The van der Waals surface area contributed by atoms with Crippen LogP contribution in [0.25, 0.3) is 0 Å². The zero-order valence-electron chi connectivity index (χ0n) is 12.0. The third kappa shape index (κ3) is 3.62. The van der Waals surface area contributed by atoms with Crippen molar-refractivity contribution in [2.75, 3.05) is 19.6 Å². The van der Waals surface area contributed by atoms with Gasteiger partial charge in [-0.05, 0) is 50.2 Å². The highest BCUT2D eigenvalue weighted by atomic mass is 16.3. The minimum absolute atomic E-state index is 0.198. The van der Waals surface area contributed by atoms with Gasteiger partial charge in [0.1, 0.15) is 11.5 Å². The Hall–Kier alpha value is -1.85. The fourth-order valence-corrected chi connectivity index (χ4v) is 2.80. The van der Waals surface area contributed by atoms with Crippen LogP contribution >= 0.6 is 0 Å². The van der Waals surface area contributed by atoms with E-state index >= 15 is 0 Å². The van der Waals surface area contributed by atoms with Gasteiger partial charge in [-0.15, -0.1) is 0 Å². The molecule has 1 fully saturated rings. The lowest BCUT2D eigenvalue weighted by atomic mass is 10.2. The van der Waals surface area contributed by atoms with E-state index in [9.17, 15) is 5.11 Å². The van der Waals surface area contributed by atoms with Crippen molar-refractivity contribution in [1.29, 1.82) is 0 Å². The molecule has 112 valence electrons. The molecule has 0 saturated carbocycles. The number of nitrogens with zero attached hydrogens (tertiary/aromatic N) is 2. The molecule has 5 nitrogen and oxygen atoms in total. The SMILES string of the molecule is Oc1ccc(CNCC(c2ccco2)N2CCCC2)nc1. The van der Waals surface area contributed by atoms with Crippen LogP contribution in [0.15, 0.2) is 41.1 Å². The molecule has 0 bridgehead atoms. The Bertz CT molecular complexity index is 533. The molecule has 2 N–H and O–H groups in total. The molecule has 5 heteroatoms. The van der Waals surface area contributed by atoms with E-state index < -0.39 is 0 Å². The number of rotatable bonds is 6. The average molecular weight is 287 g/mol. The van der Waals surface area contributed by atoms with Gasteiger partial charge in [0, 0.05) is 13.1 Å². The van der Waals surface area contributed by atoms with Crippen LogP contribution in [0.5, 0.6) is 5.75 Å². The van der Waals surface area contributed by atoms with Gasteiger partial charge in [-0.25, -0.2) is 0 Å². The van der Waals surface area contributed by atoms with Crippen LogP contribution in [0, 0.1) is 0 Å². The van der Waals surface area contributed by atoms with Gasteiger partial charge in [0.2, 0.25) is 0 Å². The van der Waals surface area contributed by atoms with Crippen LogP contribution in [0.3, 0.4) is 0 Å². The van der Waals surface area contributed by atoms with Gasteiger partial charge in [-0.1, -0.05) is 0 Å². The topological polar surface area (TPSA) is 61.5 Å². The van der Waals surface area contributed by atoms with E-state index in [2.05, 4.69) is 15.2 Å². The van der Waals surface area contributed by atoms with E-state index in [1.54, 1.807) is 12.3 Å². The summed E-state index contributed by atoms with van der Waals surface area (Å²) in [4.78, 5) is 6.65. The van der Waals surface area contributed by atoms with Gasteiger partial charge in [0.15, 0.2) is 0 Å². The number of nitrogens with one attached hydrogen (secondary N) is 1. The number of furan rings is 1. The first-order valence-corrected chi connectivity index (χ1v) is 7.45. The Morgan fingerprint density at radius 1 is 1.29 bits per heavy atom. The number of aromatic hydroxyl groups is 1. The predicted octanol–water partition coefficient (Wildman–Crippen LogP) is 2.31. The molecule has 3 heterocycles. The summed E-state index contributed by atoms with van der Waals surface area (Å²) >= 11 is 0. The highest BCUT2D eigenvalue weighted by Gasteiger charge is 2.24. The van der Waals surface area contributed by atoms with Gasteiger partial charge < -0.3 is 14.8 Å². The standard InChI is InChI=1S/C16H21N3O2/c20-14-6-5-13(18-11-14)10-17-12-15(16-4-3-9-21-16)19-7-1-2-8-19/h3-6,9,11,15,17,20H,1-2,7-8,10,12H2. The molecule has 3 rings (SSSR count). The van der Waals surface area contributed by atoms with E-state index in [4.69, 9.17) is 4.42 Å². The molecule has 1 aliphatic rings. The van der Waals surface area contributed by atoms with Crippen LogP contribution in [0.1, 0.15) is 30.3 Å². The third-order valence-electron chi connectivity index (χ3n) is 3.91. The van der Waals surface area contributed by atoms with Gasteiger partial charge in [0.25, 0.3) is 0 Å². The number of hydrogen-bond acceptors (Lipinski definition) is 5. The van der Waals surface area contributed by atoms with Crippen molar-refractivity contribution in [3.05, 3.63) is 48.2 Å². The molecular weight excluding hydrogens is 266 g/mol. The van der Waals surface area contributed by atoms with Gasteiger partial charge >= 0.3 is 0 Å². The van der Waals surface area contributed by atoms with Crippen molar-refractivity contribution < 1.29 is 9.52 Å². The molecule has 0 radical (unpaired) electrons. The van der Waals surface area contributed by atoms with Crippen molar-refractivity contribution in [1.82, 2.24) is 15.2 Å². The van der Waals surface area contributed by atoms with E-state index in [0.29, 0.717) is 6.54 Å². The Morgan fingerprint density at radius 2 is 2.14 bits per heavy atom. The highest BCUT2D eigenvalue weighted by molar-refractivity contribution is 5.17. The minimum atomic E-state index is 0.198. The molecule has 1 atom stereocenters. The Balaban J connectivity index is 1.58. The third-order valence-corrected chi connectivity index (χ3v) is 3.91. The second kappa shape index (κ2) is 6.74. The van der Waals surface area contributed by atoms with E-state index in [0.717, 1.165) is 31.1 Å². The highest BCUT2D eigenvalue weighted by Crippen LogP contribution is 2.24. The summed E-state index contributed by atoms with van der Waals surface area (Å²) < 4.78 is 5.60. The second-order valence-electron chi connectivity index (χ2n) is 5.41. The van der Waals surface area contributed by atoms with Gasteiger partial charge in [-0.3, -0.25) is 9.88 Å². The number of pyridine rings is 1. The maximum atomic E-state index is 9.24. The molecular formula is C16H21N3O2. The lowest BCUT2D eigenvalue weighted by molar-refractivity contribution is 0.209. The lowest BCUT2D eigenvalue weighted by Gasteiger charge is -2.26. The summed E-state index contributed by atoms with van der Waals surface area (Å²) in [5, 5.41) is 12.7. The second-order valence-corrected chi connectivity index (χ2v) is 5.41. The summed E-state index contributed by atoms with van der Waals surface area (Å²) in [6.45, 7) is 3.77. The molecule has 2 aromatic rings. The maximum Gasteiger partial charge on any atom is 0.133 e. The Labute approximate surface area is 124 Å². The molecule has 0 aromatic carbocycles. The fourth-order valence-electron chi connectivity index (χ4n) is 2.80. The first-order chi connectivity index (χ1) is 10.3. The van der Waals surface area contributed by atoms with Gasteiger partial charge in [-0.2, -0.15) is 0 Å². The predicted molar refractivity (Wildman–Crippen MR) is 79.9 cm³/mol. The van der Waals surface area contributed by atoms with Crippen molar-refractivity contribution in [3.63, 3.8) is 0 Å². The van der Waals surface area contributed by atoms with Crippen LogP contribution < -0.4 is 5.32 Å². The zero-order valence-corrected chi connectivity index (χ0v) is 12.0. The largest absolute Gasteiger partial charge is 0.506 e. The smallest absolute Gasteiger partial charge is 0.133 e. The van der Waals surface area contributed by atoms with Crippen LogP contribution in [0.4, 0.5) is 0 Å². The van der Waals surface area contributed by atoms with E-state index in [1.165, 1.54) is 19.0 Å². The number of hydrogen-bond donors (Lipinski definition) is 2. The first-order valence-electron chi connectivity index (χ1n) is 7.45. The van der Waals surface area contributed by atoms with Crippen LogP contribution in [-0.4, -0.2) is 34.6 Å². The summed E-state index contributed by atoms with van der Waals surface area (Å²) in [6.07, 6.45) is 5.73. The summed E-state index contributed by atoms with van der Waals surface area (Å²) in [5.74, 6) is 1.22. The maximum absolute atomic E-state index is 9.24. The number of aromatic nitrogens is 1. The monoisotopic (exact) mass is 287 g/mol. The van der Waals surface area contributed by atoms with Crippen molar-refractivity contribution in [2.45, 2.75) is 25.4 Å². The number of likely N-dealkylation sites (tertiary alicyclic amines) is 1. The van der Waals surface area contributed by atoms with E-state index in [-0.39, 0.29) is 11.8 Å². The normalized spacial score (nSPS) is 17.1. The Morgan fingerprint density at radius 3 is 2.81 bits per heavy atom. The van der Waals surface area contributed by atoms with Crippen LogP contribution in [0.2, 0.25) is 0 Å². The van der Waals surface area contributed by atoms with Crippen LogP contribution in [-0.2, 0) is 6.54 Å². The molecule has 2 aromatic heterocycles. The summed E-state index contributed by atoms with van der Waals surface area (Å²) in [6, 6.07) is 7.76. The van der Waals surface area contributed by atoms with E-state index in [1.807, 2.05) is 18.2 Å². The summed E-state index contributed by atoms with van der Waals surface area (Å²) in [7, 11) is 0. The molecule has 1 unspecified atom stereocenters. The molecule has 1 saturated heterocycles. The Kier molecular flexibility index (Phi) is 4.52. The molecule has 0 spiro atoms. The fraction of sp³-hybridized carbons (Fsp3) is 0.438. The lowest BCUT2D eigenvalue weighted by Crippen LogP contribution is -2.33. The molecule has 0 amide bonds. The molecule has 0 aliphatic carbocycles. The van der Waals surface area contributed by atoms with Crippen molar-refractivity contribution in [2.24, 2.45) is 0 Å². The summed E-state index contributed by atoms with van der Waals surface area (Å²) in [5.41, 5.74) is 0.924. The molecule has 21 heavy (non-hydrogen) atoms. The zero-order chi connectivity index (χ0) is 14.5. The quantitative estimate of drug-likeness (QED) is 0.853. The van der Waals surface area contributed by atoms with Gasteiger partial charge in [0.05, 0.1) is 24.2 Å². The van der Waals surface area contributed by atoms with Crippen molar-refractivity contribution >= 4 is 0 Å². The average Bonchev–Trinajstić information content (AvgIpc) is 3.19.